The molecule has 1 aromatic heterocycles. The summed E-state index contributed by atoms with van der Waals surface area (Å²) in [6.45, 7) is 0. The van der Waals surface area contributed by atoms with Crippen LogP contribution in [0.3, 0.4) is 0 Å². The molecule has 0 aliphatic carbocycles. The summed E-state index contributed by atoms with van der Waals surface area (Å²) in [5.74, 6) is 0. The summed E-state index contributed by atoms with van der Waals surface area (Å²) in [5, 5.41) is 10.2. The van der Waals surface area contributed by atoms with Crippen LogP contribution in [0.25, 0.3) is 0 Å². The van der Waals surface area contributed by atoms with Gasteiger partial charge in [-0.15, -0.1) is 11.8 Å². The lowest BCUT2D eigenvalue weighted by Gasteiger charge is -2.12. The second-order valence-corrected chi connectivity index (χ2v) is 4.60. The van der Waals surface area contributed by atoms with Crippen molar-refractivity contribution in [1.82, 2.24) is 4.57 Å². The van der Waals surface area contributed by atoms with Gasteiger partial charge in [0.25, 0.3) is 0 Å². The third kappa shape index (κ3) is 2.15. The van der Waals surface area contributed by atoms with Crippen LogP contribution in [0.4, 0.5) is 0 Å². The average Bonchev–Trinajstić information content (AvgIpc) is 2.75. The minimum Gasteiger partial charge on any atom is -0.382 e. The molecule has 84 valence electrons. The highest BCUT2D eigenvalue weighted by Crippen LogP contribution is 2.24. The fraction of sp³-hybridized carbons (Fsp3) is 0.231. The Morgan fingerprint density at radius 2 is 1.88 bits per heavy atom. The molecule has 0 bridgehead atoms. The second-order valence-electron chi connectivity index (χ2n) is 3.72. The second kappa shape index (κ2) is 4.76. The molecule has 1 heterocycles. The average molecular weight is 233 g/mol. The van der Waals surface area contributed by atoms with Gasteiger partial charge in [0, 0.05) is 18.1 Å². The summed E-state index contributed by atoms with van der Waals surface area (Å²) in [6, 6.07) is 11.9. The molecule has 0 amide bonds. The van der Waals surface area contributed by atoms with E-state index in [-0.39, 0.29) is 0 Å². The van der Waals surface area contributed by atoms with Crippen molar-refractivity contribution in [3.05, 3.63) is 53.9 Å². The number of hydrogen-bond donors (Lipinski definition) is 1. The van der Waals surface area contributed by atoms with E-state index in [9.17, 15) is 5.11 Å². The molecule has 2 rings (SSSR count). The summed E-state index contributed by atoms with van der Waals surface area (Å²) in [4.78, 5) is 1.21. The first-order valence-electron chi connectivity index (χ1n) is 5.15. The lowest BCUT2D eigenvalue weighted by Crippen LogP contribution is -2.04. The third-order valence-corrected chi connectivity index (χ3v) is 3.44. The molecule has 1 N–H and O–H groups in total. The minimum absolute atomic E-state index is 0.545. The number of thioether (sulfide) groups is 1. The molecule has 0 radical (unpaired) electrons. The Kier molecular flexibility index (Phi) is 3.36. The van der Waals surface area contributed by atoms with E-state index in [4.69, 9.17) is 0 Å². The molecular weight excluding hydrogens is 218 g/mol. The largest absolute Gasteiger partial charge is 0.382 e. The van der Waals surface area contributed by atoms with Gasteiger partial charge in [-0.1, -0.05) is 12.1 Å². The van der Waals surface area contributed by atoms with Crippen molar-refractivity contribution in [1.29, 1.82) is 0 Å². The molecule has 3 heteroatoms. The van der Waals surface area contributed by atoms with Crippen LogP contribution in [0.1, 0.15) is 17.4 Å². The topological polar surface area (TPSA) is 25.2 Å². The molecule has 1 aromatic carbocycles. The van der Waals surface area contributed by atoms with E-state index in [1.165, 1.54) is 4.90 Å². The zero-order chi connectivity index (χ0) is 11.5. The molecule has 0 fully saturated rings. The van der Waals surface area contributed by atoms with Crippen molar-refractivity contribution in [3.63, 3.8) is 0 Å². The Hall–Kier alpha value is -1.19. The number of aliphatic hydroxyl groups excluding tert-OH is 1. The number of aryl methyl sites for hydroxylation is 1. The number of hydrogen-bond acceptors (Lipinski definition) is 2. The summed E-state index contributed by atoms with van der Waals surface area (Å²) in [5.41, 5.74) is 1.84. The van der Waals surface area contributed by atoms with Gasteiger partial charge in [-0.2, -0.15) is 0 Å². The number of nitrogens with zero attached hydrogens (tertiary/aromatic N) is 1. The van der Waals surface area contributed by atoms with Crippen molar-refractivity contribution in [2.45, 2.75) is 11.0 Å². The van der Waals surface area contributed by atoms with Crippen molar-refractivity contribution in [2.24, 2.45) is 7.05 Å². The predicted molar refractivity (Wildman–Crippen MR) is 67.7 cm³/mol. The van der Waals surface area contributed by atoms with Gasteiger partial charge < -0.3 is 9.67 Å². The first-order valence-corrected chi connectivity index (χ1v) is 6.38. The number of aromatic nitrogens is 1. The van der Waals surface area contributed by atoms with Crippen LogP contribution in [0.15, 0.2) is 47.5 Å². The predicted octanol–water partition coefficient (Wildman–Crippen LogP) is 2.83. The molecule has 2 nitrogen and oxygen atoms in total. The van der Waals surface area contributed by atoms with Gasteiger partial charge in [0.15, 0.2) is 0 Å². The van der Waals surface area contributed by atoms with Crippen LogP contribution < -0.4 is 0 Å². The molecule has 2 aromatic rings. The van der Waals surface area contributed by atoms with Crippen molar-refractivity contribution in [3.8, 4) is 0 Å². The molecule has 0 saturated heterocycles. The smallest absolute Gasteiger partial charge is 0.119 e. The fourth-order valence-electron chi connectivity index (χ4n) is 1.72. The van der Waals surface area contributed by atoms with Crippen LogP contribution in [0.2, 0.25) is 0 Å². The lowest BCUT2D eigenvalue weighted by molar-refractivity contribution is 0.211. The Labute approximate surface area is 99.9 Å². The van der Waals surface area contributed by atoms with Gasteiger partial charge in [-0.25, -0.2) is 0 Å². The maximum atomic E-state index is 10.2. The van der Waals surface area contributed by atoms with Gasteiger partial charge in [0.1, 0.15) is 6.10 Å². The van der Waals surface area contributed by atoms with Crippen LogP contribution >= 0.6 is 11.8 Å². The Morgan fingerprint density at radius 3 is 2.38 bits per heavy atom. The van der Waals surface area contributed by atoms with E-state index in [1.54, 1.807) is 11.8 Å². The van der Waals surface area contributed by atoms with E-state index in [0.29, 0.717) is 0 Å². The molecule has 0 aliphatic rings. The van der Waals surface area contributed by atoms with Crippen molar-refractivity contribution >= 4 is 11.8 Å². The maximum Gasteiger partial charge on any atom is 0.119 e. The fourth-order valence-corrected chi connectivity index (χ4v) is 2.12. The Bertz CT molecular complexity index is 461. The summed E-state index contributed by atoms with van der Waals surface area (Å²) >= 11 is 1.70. The Balaban J connectivity index is 2.27. The van der Waals surface area contributed by atoms with Crippen LogP contribution in [0.5, 0.6) is 0 Å². The highest BCUT2D eigenvalue weighted by atomic mass is 32.2. The minimum atomic E-state index is -0.545. The van der Waals surface area contributed by atoms with Gasteiger partial charge in [-0.3, -0.25) is 0 Å². The molecule has 0 spiro atoms. The van der Waals surface area contributed by atoms with E-state index < -0.39 is 6.10 Å². The molecule has 16 heavy (non-hydrogen) atoms. The van der Waals surface area contributed by atoms with Gasteiger partial charge in [0.05, 0.1) is 5.69 Å². The van der Waals surface area contributed by atoms with Gasteiger partial charge >= 0.3 is 0 Å². The van der Waals surface area contributed by atoms with Crippen LogP contribution in [-0.2, 0) is 7.05 Å². The third-order valence-electron chi connectivity index (χ3n) is 2.70. The maximum absolute atomic E-state index is 10.2. The summed E-state index contributed by atoms with van der Waals surface area (Å²) < 4.78 is 1.94. The van der Waals surface area contributed by atoms with Crippen LogP contribution in [-0.4, -0.2) is 15.9 Å². The lowest BCUT2D eigenvalue weighted by atomic mass is 10.1. The van der Waals surface area contributed by atoms with Crippen molar-refractivity contribution in [2.75, 3.05) is 6.26 Å². The highest BCUT2D eigenvalue weighted by Gasteiger charge is 2.12. The SMILES string of the molecule is CSc1ccc(C(O)c2cccn2C)cc1. The molecule has 0 saturated carbocycles. The summed E-state index contributed by atoms with van der Waals surface area (Å²) in [7, 11) is 1.94. The number of benzene rings is 1. The van der Waals surface area contributed by atoms with E-state index in [0.717, 1.165) is 11.3 Å². The van der Waals surface area contributed by atoms with Gasteiger partial charge in [-0.05, 0) is 36.1 Å². The molecular formula is C13H15NOS. The first-order chi connectivity index (χ1) is 7.72. The number of rotatable bonds is 3. The molecule has 1 atom stereocenters. The Morgan fingerprint density at radius 1 is 1.19 bits per heavy atom. The summed E-state index contributed by atoms with van der Waals surface area (Å²) in [6.07, 6.45) is 3.44. The quantitative estimate of drug-likeness (QED) is 0.825. The monoisotopic (exact) mass is 233 g/mol. The highest BCUT2D eigenvalue weighted by molar-refractivity contribution is 7.98. The molecule has 1 unspecified atom stereocenters. The molecule has 0 aliphatic heterocycles. The van der Waals surface area contributed by atoms with E-state index >= 15 is 0 Å². The van der Waals surface area contributed by atoms with Crippen LogP contribution in [0, 0.1) is 0 Å². The van der Waals surface area contributed by atoms with E-state index in [1.807, 2.05) is 60.5 Å². The van der Waals surface area contributed by atoms with Gasteiger partial charge in [0.2, 0.25) is 0 Å². The standard InChI is InChI=1S/C13H15NOS/c1-14-9-3-4-12(14)13(15)10-5-7-11(16-2)8-6-10/h3-9,13,15H,1-2H3. The van der Waals surface area contributed by atoms with E-state index in [2.05, 4.69) is 0 Å². The zero-order valence-electron chi connectivity index (χ0n) is 9.42. The van der Waals surface area contributed by atoms with Crippen molar-refractivity contribution < 1.29 is 5.11 Å². The first kappa shape index (κ1) is 11.3. The number of aliphatic hydroxyl groups is 1. The zero-order valence-corrected chi connectivity index (χ0v) is 10.2. The normalized spacial score (nSPS) is 12.7.